The lowest BCUT2D eigenvalue weighted by Crippen LogP contribution is -2.39. The van der Waals surface area contributed by atoms with Crippen LogP contribution in [0.2, 0.25) is 0 Å². The number of nitrogens with two attached hydrogens (primary N) is 2. The van der Waals surface area contributed by atoms with E-state index in [1.54, 1.807) is 40.7 Å². The smallest absolute Gasteiger partial charge is 0.270 e. The summed E-state index contributed by atoms with van der Waals surface area (Å²) in [6, 6.07) is 10.1. The Bertz CT molecular complexity index is 2350. The lowest BCUT2D eigenvalue weighted by atomic mass is 10.1. The van der Waals surface area contributed by atoms with Crippen LogP contribution < -0.4 is 41.9 Å². The van der Waals surface area contributed by atoms with Crippen LogP contribution in [-0.2, 0) is 24.4 Å². The zero-order chi connectivity index (χ0) is 46.6. The highest BCUT2D eigenvalue weighted by molar-refractivity contribution is 5.97. The first-order valence-corrected chi connectivity index (χ1v) is 20.3. The third-order valence-electron chi connectivity index (χ3n) is 9.27. The Kier molecular flexibility index (Phi) is 20.0. The molecule has 63 heavy (non-hydrogen) atoms. The summed E-state index contributed by atoms with van der Waals surface area (Å²) in [5, 5.41) is 16.4. The van der Waals surface area contributed by atoms with Gasteiger partial charge in [-0.3, -0.25) is 39.2 Å². The number of fused-ring (bicyclic) bond motifs is 1. The molecule has 3 heterocycles. The lowest BCUT2D eigenvalue weighted by molar-refractivity contribution is -0.108. The van der Waals surface area contributed by atoms with Crippen LogP contribution in [0.25, 0.3) is 11.0 Å². The number of benzene rings is 2. The van der Waals surface area contributed by atoms with Gasteiger partial charge in [0.2, 0.25) is 11.9 Å². The molecule has 0 bridgehead atoms. The minimum Gasteiger partial charge on any atom is -0.494 e. The van der Waals surface area contributed by atoms with Crippen molar-refractivity contribution in [1.82, 2.24) is 44.9 Å². The molecular formula is C43H62N14O6. The zero-order valence-electron chi connectivity index (χ0n) is 37.8. The molecule has 2 aromatic carbocycles. The van der Waals surface area contributed by atoms with Gasteiger partial charge in [0, 0.05) is 71.1 Å². The van der Waals surface area contributed by atoms with Crippen molar-refractivity contribution >= 4 is 65.1 Å². The third kappa shape index (κ3) is 14.0. The number of carbonyl (C=O) groups is 4. The van der Waals surface area contributed by atoms with E-state index in [1.807, 2.05) is 75.5 Å². The summed E-state index contributed by atoms with van der Waals surface area (Å²) in [4.78, 5) is 57.1. The highest BCUT2D eigenvalue weighted by Crippen LogP contribution is 2.39. The molecular weight excluding hydrogens is 809 g/mol. The van der Waals surface area contributed by atoms with Gasteiger partial charge in [-0.25, -0.2) is 4.98 Å². The molecule has 7 N–H and O–H groups in total. The maximum atomic E-state index is 13.3. The van der Waals surface area contributed by atoms with Gasteiger partial charge in [0.1, 0.15) is 40.4 Å². The van der Waals surface area contributed by atoms with E-state index in [4.69, 9.17) is 20.9 Å². The third-order valence-corrected chi connectivity index (χ3v) is 9.27. The first-order chi connectivity index (χ1) is 30.2. The Morgan fingerprint density at radius 1 is 0.968 bits per heavy atom. The molecule has 0 saturated heterocycles. The van der Waals surface area contributed by atoms with Gasteiger partial charge in [0.15, 0.2) is 6.29 Å². The number of aryl methyl sites for hydroxylation is 4. The number of aldehydes is 2. The molecule has 5 rings (SSSR count). The van der Waals surface area contributed by atoms with Gasteiger partial charge in [-0.1, -0.05) is 12.2 Å². The van der Waals surface area contributed by atoms with Gasteiger partial charge in [-0.2, -0.15) is 10.2 Å². The summed E-state index contributed by atoms with van der Waals surface area (Å²) in [6.45, 7) is 13.6. The predicted octanol–water partition coefficient (Wildman–Crippen LogP) is 4.14. The van der Waals surface area contributed by atoms with Gasteiger partial charge in [-0.05, 0) is 78.2 Å². The Labute approximate surface area is 368 Å². The summed E-state index contributed by atoms with van der Waals surface area (Å²) in [5.74, 6) is 0.542. The van der Waals surface area contributed by atoms with E-state index in [1.165, 1.54) is 19.2 Å². The van der Waals surface area contributed by atoms with Crippen molar-refractivity contribution in [1.29, 1.82) is 0 Å². The molecule has 0 spiro atoms. The molecule has 3 aromatic heterocycles. The predicted molar refractivity (Wildman–Crippen MR) is 247 cm³/mol. The number of methoxy groups -OCH3 is 1. The monoisotopic (exact) mass is 870 g/mol. The van der Waals surface area contributed by atoms with Crippen LogP contribution in [0.5, 0.6) is 11.5 Å². The van der Waals surface area contributed by atoms with Crippen molar-refractivity contribution in [2.45, 2.75) is 60.2 Å². The van der Waals surface area contributed by atoms with Crippen molar-refractivity contribution < 1.29 is 28.7 Å². The molecule has 340 valence electrons. The van der Waals surface area contributed by atoms with Crippen molar-refractivity contribution in [2.75, 3.05) is 71.1 Å². The molecule has 0 unspecified atom stereocenters. The van der Waals surface area contributed by atoms with E-state index < -0.39 is 5.91 Å². The molecule has 0 radical (unpaired) electrons. The number of anilines is 3. The highest BCUT2D eigenvalue weighted by Gasteiger charge is 2.22. The average Bonchev–Trinajstić information content (AvgIpc) is 3.97. The van der Waals surface area contributed by atoms with Crippen molar-refractivity contribution in [2.24, 2.45) is 10.7 Å². The number of allylic oxidation sites excluding steroid dienone is 1. The summed E-state index contributed by atoms with van der Waals surface area (Å²) in [6.07, 6.45) is 6.53. The molecule has 2 amide bonds. The van der Waals surface area contributed by atoms with E-state index in [9.17, 15) is 19.2 Å². The summed E-state index contributed by atoms with van der Waals surface area (Å²) < 4.78 is 16.9. The number of nitrogens with one attached hydrogen (secondary N) is 3. The minimum absolute atomic E-state index is 0.0553. The molecule has 0 aliphatic heterocycles. The number of hydrogen-bond acceptors (Lipinski definition) is 15. The number of aliphatic imine (C=N–C) groups is 1. The molecule has 0 aliphatic rings. The number of nitrogens with zero attached hydrogens (tertiary/aromatic N) is 9. The number of primary amides is 1. The van der Waals surface area contributed by atoms with Gasteiger partial charge >= 0.3 is 0 Å². The van der Waals surface area contributed by atoms with Crippen molar-refractivity contribution in [3.8, 4) is 11.5 Å². The van der Waals surface area contributed by atoms with Crippen LogP contribution in [0.4, 0.5) is 23.0 Å². The van der Waals surface area contributed by atoms with Gasteiger partial charge in [-0.15, -0.1) is 0 Å². The topological polar surface area (TPSA) is 247 Å². The van der Waals surface area contributed by atoms with Gasteiger partial charge < -0.3 is 45.8 Å². The first kappa shape index (κ1) is 50.3. The summed E-state index contributed by atoms with van der Waals surface area (Å²) in [7, 11) is 9.01. The van der Waals surface area contributed by atoms with Crippen LogP contribution in [0, 0.1) is 13.8 Å². The fourth-order valence-electron chi connectivity index (χ4n) is 6.16. The number of hydrogen-bond donors (Lipinski definition) is 5. The normalized spacial score (nSPS) is 10.8. The van der Waals surface area contributed by atoms with E-state index in [2.05, 4.69) is 43.0 Å². The largest absolute Gasteiger partial charge is 0.494 e. The maximum Gasteiger partial charge on any atom is 0.270 e. The van der Waals surface area contributed by atoms with Crippen LogP contribution in [0.3, 0.4) is 0 Å². The van der Waals surface area contributed by atoms with Crippen molar-refractivity contribution in [3.05, 3.63) is 76.9 Å². The Hall–Kier alpha value is -7.06. The fourth-order valence-corrected chi connectivity index (χ4v) is 6.16. The molecule has 0 aliphatic carbocycles. The molecule has 0 atom stereocenters. The Morgan fingerprint density at radius 2 is 1.65 bits per heavy atom. The van der Waals surface area contributed by atoms with Crippen LogP contribution >= 0.6 is 0 Å². The lowest BCUT2D eigenvalue weighted by Gasteiger charge is -2.27. The molecule has 5 aromatic rings. The van der Waals surface area contributed by atoms with E-state index in [0.29, 0.717) is 90.5 Å². The second-order valence-electron chi connectivity index (χ2n) is 14.0. The molecule has 0 saturated carbocycles. The SMILES string of the molecule is C=Nc1cc(C(N)=O)cc(OC)c1N(C/C=C/Cn1c(NC)nc2cc(N)cc(OCCCC=O)c21)CNC(=O)c1cc(C)nn1CC.CCn1nc(C)cc1C=O.CNN(C)C. The second kappa shape index (κ2) is 25.0. The van der Waals surface area contributed by atoms with Crippen molar-refractivity contribution in [3.63, 3.8) is 0 Å². The quantitative estimate of drug-likeness (QED) is 0.0132. The standard InChI is InChI=1S/C33H42N10O5.C7H10N2O.C3H10N2/c1-6-43-26(15-21(2)40-43)32(46)38-20-41(29-24(36-3)16-22(31(35)45)17-27(29)47-5)11-7-8-12-42-30-25(39-33(42)37-4)18-23(34)19-28(30)48-14-10-9-13-44;1-3-9-7(5-10)4-6(2)8-9;1-4-5(2)3/h7-8,13,15-19H,3,6,9-12,14,20,34H2,1-2,4-5H3,(H2,35,45)(H,37,39)(H,38,46);4-5H,3H2,1-2H3;4H,1-3H3/b8-7+;;. The van der Waals surface area contributed by atoms with Crippen LogP contribution in [-0.4, -0.2) is 120 Å². The van der Waals surface area contributed by atoms with E-state index in [-0.39, 0.29) is 18.1 Å². The van der Waals surface area contributed by atoms with E-state index >= 15 is 0 Å². The molecule has 20 heteroatoms. The van der Waals surface area contributed by atoms with E-state index in [0.717, 1.165) is 36.0 Å². The zero-order valence-corrected chi connectivity index (χ0v) is 37.8. The summed E-state index contributed by atoms with van der Waals surface area (Å²) >= 11 is 0. The number of amides is 2. The van der Waals surface area contributed by atoms with Crippen LogP contribution in [0.15, 0.2) is 53.5 Å². The van der Waals surface area contributed by atoms with Gasteiger partial charge in [0.25, 0.3) is 5.91 Å². The molecule has 0 fully saturated rings. The molecule has 20 nitrogen and oxygen atoms in total. The summed E-state index contributed by atoms with van der Waals surface area (Å²) in [5.41, 5.74) is 20.2. The second-order valence-corrected chi connectivity index (χ2v) is 14.0. The Balaban J connectivity index is 0.000000594. The average molecular weight is 871 g/mol. The number of hydrazine groups is 1. The number of imidazole rings is 1. The number of ether oxygens (including phenoxy) is 2. The Morgan fingerprint density at radius 3 is 2.22 bits per heavy atom. The number of unbranched alkanes of at least 4 members (excludes halogenated alkanes) is 1. The number of carbonyl (C=O) groups excluding carboxylic acids is 4. The first-order valence-electron chi connectivity index (χ1n) is 20.3. The fraction of sp³-hybridized carbons (Fsp3) is 0.395. The number of rotatable bonds is 21. The van der Waals surface area contributed by atoms with Crippen LogP contribution in [0.1, 0.15) is 69.4 Å². The highest BCUT2D eigenvalue weighted by atomic mass is 16.5. The number of aromatic nitrogens is 6. The maximum absolute atomic E-state index is 13.3. The minimum atomic E-state index is -0.644. The number of nitrogen functional groups attached to an aromatic ring is 1. The van der Waals surface area contributed by atoms with Gasteiger partial charge in [0.05, 0.1) is 43.0 Å².